The van der Waals surface area contributed by atoms with E-state index in [4.69, 9.17) is 33.2 Å². The van der Waals surface area contributed by atoms with Gasteiger partial charge in [0, 0.05) is 6.61 Å². The number of aliphatic hydroxyl groups is 1. The first-order chi connectivity index (χ1) is 18.7. The van der Waals surface area contributed by atoms with Gasteiger partial charge in [0.1, 0.15) is 30.5 Å². The highest BCUT2D eigenvalue weighted by molar-refractivity contribution is 4.99. The van der Waals surface area contributed by atoms with Crippen LogP contribution in [0.4, 0.5) is 0 Å². The van der Waals surface area contributed by atoms with Crippen LogP contribution in [0.3, 0.4) is 0 Å². The highest BCUT2D eigenvalue weighted by atomic mass is 16.8. The molecule has 3 aliphatic rings. The average Bonchev–Trinajstić information content (AvgIpc) is 3.52. The van der Waals surface area contributed by atoms with Crippen LogP contribution in [0.1, 0.15) is 125 Å². The Balaban J connectivity index is 1.24. The van der Waals surface area contributed by atoms with Gasteiger partial charge in [0.25, 0.3) is 0 Å². The van der Waals surface area contributed by atoms with Crippen molar-refractivity contribution in [3.63, 3.8) is 0 Å². The molecular formula is C31H58O8. The van der Waals surface area contributed by atoms with Gasteiger partial charge in [0.05, 0.1) is 19.8 Å². The predicted molar refractivity (Wildman–Crippen MR) is 150 cm³/mol. The lowest BCUT2D eigenvalue weighted by molar-refractivity contribution is -0.252. The van der Waals surface area contributed by atoms with Gasteiger partial charge in [-0.15, -0.1) is 0 Å². The zero-order valence-electron chi connectivity index (χ0n) is 25.5. The second kappa shape index (κ2) is 17.0. The molecular weight excluding hydrogens is 500 g/mol. The highest BCUT2D eigenvalue weighted by Gasteiger charge is 2.59. The van der Waals surface area contributed by atoms with E-state index < -0.39 is 24.0 Å². The molecule has 39 heavy (non-hydrogen) atoms. The van der Waals surface area contributed by atoms with Gasteiger partial charge < -0.3 is 38.3 Å². The lowest BCUT2D eigenvalue weighted by Gasteiger charge is -2.27. The largest absolute Gasteiger partial charge is 0.394 e. The molecule has 0 aromatic carbocycles. The van der Waals surface area contributed by atoms with Crippen molar-refractivity contribution in [3.05, 3.63) is 0 Å². The van der Waals surface area contributed by atoms with Crippen LogP contribution in [-0.2, 0) is 33.2 Å². The fourth-order valence-corrected chi connectivity index (χ4v) is 5.80. The van der Waals surface area contributed by atoms with E-state index >= 15 is 0 Å². The maximum Gasteiger partial charge on any atom is 0.187 e. The fourth-order valence-electron chi connectivity index (χ4n) is 5.80. The van der Waals surface area contributed by atoms with Crippen LogP contribution in [0.15, 0.2) is 0 Å². The molecule has 0 bridgehead atoms. The molecule has 1 N–H and O–H groups in total. The van der Waals surface area contributed by atoms with E-state index in [1.54, 1.807) is 0 Å². The maximum absolute atomic E-state index is 9.83. The minimum atomic E-state index is -0.727. The number of fused-ring (bicyclic) bond motifs is 1. The minimum absolute atomic E-state index is 0.0978. The monoisotopic (exact) mass is 558 g/mol. The number of aliphatic hydroxyl groups excluding tert-OH is 1. The summed E-state index contributed by atoms with van der Waals surface area (Å²) < 4.78 is 42.2. The summed E-state index contributed by atoms with van der Waals surface area (Å²) in [6.45, 7) is 11.0. The van der Waals surface area contributed by atoms with Crippen molar-refractivity contribution in [2.24, 2.45) is 0 Å². The summed E-state index contributed by atoms with van der Waals surface area (Å²) in [5.41, 5.74) is 0. The molecule has 8 nitrogen and oxygen atoms in total. The van der Waals surface area contributed by atoms with Gasteiger partial charge in [-0.1, -0.05) is 90.4 Å². The Morgan fingerprint density at radius 3 is 1.82 bits per heavy atom. The molecule has 0 radical (unpaired) electrons. The summed E-state index contributed by atoms with van der Waals surface area (Å²) in [5, 5.41) is 9.83. The second-order valence-electron chi connectivity index (χ2n) is 12.5. The van der Waals surface area contributed by atoms with Crippen molar-refractivity contribution in [3.8, 4) is 0 Å². The second-order valence-corrected chi connectivity index (χ2v) is 12.5. The third kappa shape index (κ3) is 11.5. The van der Waals surface area contributed by atoms with Crippen LogP contribution < -0.4 is 0 Å². The lowest BCUT2D eigenvalue weighted by Crippen LogP contribution is -2.40. The Morgan fingerprint density at radius 1 is 0.718 bits per heavy atom. The molecule has 6 atom stereocenters. The van der Waals surface area contributed by atoms with E-state index in [1.807, 2.05) is 27.7 Å². The predicted octanol–water partition coefficient (Wildman–Crippen LogP) is 6.26. The Bertz CT molecular complexity index is 657. The standard InChI is InChI=1S/C31H58O8/c1-6-7-8-9-10-11-12-13-14-15-16-17-18-19-20-33-24(21-32)22-34-29-28-27(38-31(4,5)39-28)26(36-29)25-23-35-30(2,3)37-25/h24-29,32H,6-23H2,1-5H3/t24?,25-,26-,27+,28+,29-/m1/s1. The molecule has 3 saturated heterocycles. The Labute approximate surface area is 237 Å². The smallest absolute Gasteiger partial charge is 0.187 e. The molecule has 8 heteroatoms. The molecule has 0 saturated carbocycles. The zero-order chi connectivity index (χ0) is 28.1. The summed E-state index contributed by atoms with van der Waals surface area (Å²) in [5.74, 6) is -1.38. The average molecular weight is 559 g/mol. The molecule has 3 fully saturated rings. The van der Waals surface area contributed by atoms with Crippen LogP contribution in [-0.4, -0.2) is 79.9 Å². The molecule has 3 heterocycles. The van der Waals surface area contributed by atoms with Crippen LogP contribution in [0.5, 0.6) is 0 Å². The van der Waals surface area contributed by atoms with Gasteiger partial charge in [0.2, 0.25) is 0 Å². The SMILES string of the molecule is CCCCCCCCCCCCCCCCOC(CO)CO[C@@H]1O[C@H]([C@H]2COC(C)(C)O2)[C@@H]2OC(C)(C)O[C@H]12. The summed E-state index contributed by atoms with van der Waals surface area (Å²) in [6.07, 6.45) is 16.3. The summed E-state index contributed by atoms with van der Waals surface area (Å²) in [4.78, 5) is 0. The van der Waals surface area contributed by atoms with Crippen molar-refractivity contribution in [1.82, 2.24) is 0 Å². The van der Waals surface area contributed by atoms with Crippen LogP contribution in [0, 0.1) is 0 Å². The van der Waals surface area contributed by atoms with Crippen LogP contribution in [0.2, 0.25) is 0 Å². The molecule has 230 valence electrons. The lowest BCUT2D eigenvalue weighted by atomic mass is 10.0. The summed E-state index contributed by atoms with van der Waals surface area (Å²) >= 11 is 0. The molecule has 0 aliphatic carbocycles. The topological polar surface area (TPSA) is 84.8 Å². The molecule has 0 amide bonds. The van der Waals surface area contributed by atoms with E-state index in [1.165, 1.54) is 77.0 Å². The Hall–Kier alpha value is -0.320. The number of unbranched alkanes of at least 4 members (excludes halogenated alkanes) is 13. The normalized spacial score (nSPS) is 30.2. The van der Waals surface area contributed by atoms with Gasteiger partial charge in [-0.25, -0.2) is 0 Å². The van der Waals surface area contributed by atoms with Gasteiger partial charge >= 0.3 is 0 Å². The first-order valence-electron chi connectivity index (χ1n) is 15.9. The van der Waals surface area contributed by atoms with Gasteiger partial charge in [-0.2, -0.15) is 0 Å². The quantitative estimate of drug-likeness (QED) is 0.165. The summed E-state index contributed by atoms with van der Waals surface area (Å²) in [6, 6.07) is 0. The van der Waals surface area contributed by atoms with Gasteiger partial charge in [0.15, 0.2) is 17.9 Å². The third-order valence-electron chi connectivity index (χ3n) is 7.95. The minimum Gasteiger partial charge on any atom is -0.394 e. The number of rotatable bonds is 21. The number of ether oxygens (including phenoxy) is 7. The van der Waals surface area contributed by atoms with Crippen molar-refractivity contribution in [2.45, 2.75) is 173 Å². The van der Waals surface area contributed by atoms with Crippen LogP contribution in [0.25, 0.3) is 0 Å². The Morgan fingerprint density at radius 2 is 1.28 bits per heavy atom. The molecule has 0 spiro atoms. The molecule has 3 rings (SSSR count). The first kappa shape index (κ1) is 33.2. The van der Waals surface area contributed by atoms with E-state index in [-0.39, 0.29) is 37.6 Å². The third-order valence-corrected chi connectivity index (χ3v) is 7.95. The molecule has 1 unspecified atom stereocenters. The first-order valence-corrected chi connectivity index (χ1v) is 15.9. The van der Waals surface area contributed by atoms with Gasteiger partial charge in [-0.3, -0.25) is 0 Å². The van der Waals surface area contributed by atoms with Crippen molar-refractivity contribution in [1.29, 1.82) is 0 Å². The van der Waals surface area contributed by atoms with Crippen molar-refractivity contribution in [2.75, 3.05) is 26.4 Å². The van der Waals surface area contributed by atoms with Crippen molar-refractivity contribution < 1.29 is 38.3 Å². The Kier molecular flexibility index (Phi) is 14.4. The highest BCUT2D eigenvalue weighted by Crippen LogP contribution is 2.42. The molecule has 3 aliphatic heterocycles. The van der Waals surface area contributed by atoms with Gasteiger partial charge in [-0.05, 0) is 34.1 Å². The molecule has 0 aromatic rings. The van der Waals surface area contributed by atoms with Crippen molar-refractivity contribution >= 4 is 0 Å². The van der Waals surface area contributed by atoms with E-state index in [2.05, 4.69) is 6.92 Å². The van der Waals surface area contributed by atoms with E-state index in [0.29, 0.717) is 13.2 Å². The van der Waals surface area contributed by atoms with E-state index in [0.717, 1.165) is 12.8 Å². The van der Waals surface area contributed by atoms with E-state index in [9.17, 15) is 5.11 Å². The fraction of sp³-hybridized carbons (Fsp3) is 1.00. The number of hydrogen-bond acceptors (Lipinski definition) is 8. The van der Waals surface area contributed by atoms with Crippen LogP contribution >= 0.6 is 0 Å². The maximum atomic E-state index is 9.83. The molecule has 0 aromatic heterocycles. The number of hydrogen-bond donors (Lipinski definition) is 1. The summed E-state index contributed by atoms with van der Waals surface area (Å²) in [7, 11) is 0. The zero-order valence-corrected chi connectivity index (χ0v) is 25.5.